The van der Waals surface area contributed by atoms with Crippen LogP contribution in [0.2, 0.25) is 0 Å². The normalized spacial score (nSPS) is 11.5. The molecule has 1 amide bonds. The number of carbonyl (C=O) groups excluding carboxylic acids is 1. The lowest BCUT2D eigenvalue weighted by Gasteiger charge is -2.23. The van der Waals surface area contributed by atoms with E-state index in [4.69, 9.17) is 0 Å². The summed E-state index contributed by atoms with van der Waals surface area (Å²) in [7, 11) is 0. The predicted molar refractivity (Wildman–Crippen MR) is 90.9 cm³/mol. The quantitative estimate of drug-likeness (QED) is 0.794. The van der Waals surface area contributed by atoms with Gasteiger partial charge in [-0.3, -0.25) is 4.79 Å². The summed E-state index contributed by atoms with van der Waals surface area (Å²) in [5, 5.41) is 3.94. The van der Waals surface area contributed by atoms with Crippen LogP contribution in [-0.2, 0) is 16.8 Å². The van der Waals surface area contributed by atoms with E-state index in [0.29, 0.717) is 6.54 Å². The van der Waals surface area contributed by atoms with E-state index in [0.717, 1.165) is 20.8 Å². The van der Waals surface area contributed by atoms with E-state index in [-0.39, 0.29) is 5.91 Å². The van der Waals surface area contributed by atoms with E-state index in [1.807, 2.05) is 68.4 Å². The number of carbonyl (C=O) groups is 1. The predicted octanol–water partition coefficient (Wildman–Crippen LogP) is 3.89. The highest BCUT2D eigenvalue weighted by atomic mass is 32.1. The molecular weight excluding hydrogens is 292 g/mol. The molecular formula is C18H18N2OS. The second-order valence-electron chi connectivity index (χ2n) is 5.75. The van der Waals surface area contributed by atoms with E-state index in [9.17, 15) is 4.79 Å². The smallest absolute Gasteiger partial charge is 0.230 e. The minimum atomic E-state index is -0.558. The number of rotatable bonds is 4. The summed E-state index contributed by atoms with van der Waals surface area (Å²) in [5.41, 5.74) is 1.44. The third-order valence-corrected chi connectivity index (χ3v) is 4.84. The summed E-state index contributed by atoms with van der Waals surface area (Å²) < 4.78 is 1.15. The first-order valence-electron chi connectivity index (χ1n) is 7.25. The van der Waals surface area contributed by atoms with E-state index in [1.165, 1.54) is 0 Å². The van der Waals surface area contributed by atoms with Crippen LogP contribution in [-0.4, -0.2) is 10.9 Å². The summed E-state index contributed by atoms with van der Waals surface area (Å²) in [6.45, 7) is 4.35. The third kappa shape index (κ3) is 2.88. The van der Waals surface area contributed by atoms with Crippen molar-refractivity contribution in [1.82, 2.24) is 10.3 Å². The number of fused-ring (bicyclic) bond motifs is 1. The Bertz CT molecular complexity index is 760. The first kappa shape index (κ1) is 14.7. The molecule has 0 aliphatic rings. The Morgan fingerprint density at radius 1 is 1.09 bits per heavy atom. The molecule has 0 spiro atoms. The Kier molecular flexibility index (Phi) is 3.94. The summed E-state index contributed by atoms with van der Waals surface area (Å²) in [5.74, 6) is 0.0120. The third-order valence-electron chi connectivity index (χ3n) is 3.80. The number of hydrogen-bond donors (Lipinski definition) is 1. The van der Waals surface area contributed by atoms with Gasteiger partial charge in [-0.1, -0.05) is 42.5 Å². The Balaban J connectivity index is 1.71. The molecule has 3 rings (SSSR count). The van der Waals surface area contributed by atoms with Gasteiger partial charge in [0.1, 0.15) is 5.01 Å². The minimum absolute atomic E-state index is 0.0120. The van der Waals surface area contributed by atoms with Gasteiger partial charge in [0.25, 0.3) is 0 Å². The second-order valence-corrected chi connectivity index (χ2v) is 6.86. The SMILES string of the molecule is CC(C)(C(=O)NCc1nc2ccccc2s1)c1ccccc1. The number of thiazole rings is 1. The second kappa shape index (κ2) is 5.89. The molecule has 1 heterocycles. The highest BCUT2D eigenvalue weighted by Crippen LogP contribution is 2.24. The highest BCUT2D eigenvalue weighted by Gasteiger charge is 2.29. The number of nitrogens with one attached hydrogen (secondary N) is 1. The molecule has 0 bridgehead atoms. The number of hydrogen-bond acceptors (Lipinski definition) is 3. The van der Waals surface area contributed by atoms with Crippen molar-refractivity contribution in [1.29, 1.82) is 0 Å². The lowest BCUT2D eigenvalue weighted by Crippen LogP contribution is -2.39. The minimum Gasteiger partial charge on any atom is -0.349 e. The van der Waals surface area contributed by atoms with Crippen molar-refractivity contribution in [3.8, 4) is 0 Å². The average Bonchev–Trinajstić information content (AvgIpc) is 2.96. The summed E-state index contributed by atoms with van der Waals surface area (Å²) >= 11 is 1.62. The Hall–Kier alpha value is -2.20. The Morgan fingerprint density at radius 3 is 2.50 bits per heavy atom. The fourth-order valence-electron chi connectivity index (χ4n) is 2.36. The van der Waals surface area contributed by atoms with Crippen molar-refractivity contribution >= 4 is 27.5 Å². The van der Waals surface area contributed by atoms with Gasteiger partial charge in [0.2, 0.25) is 5.91 Å². The van der Waals surface area contributed by atoms with Crippen molar-refractivity contribution in [2.24, 2.45) is 0 Å². The fraction of sp³-hybridized carbons (Fsp3) is 0.222. The van der Waals surface area contributed by atoms with Gasteiger partial charge in [0.15, 0.2) is 0 Å². The summed E-state index contributed by atoms with van der Waals surface area (Å²) in [4.78, 5) is 17.1. The lowest BCUT2D eigenvalue weighted by atomic mass is 9.84. The van der Waals surface area contributed by atoms with Crippen LogP contribution in [0.3, 0.4) is 0 Å². The van der Waals surface area contributed by atoms with E-state index >= 15 is 0 Å². The topological polar surface area (TPSA) is 42.0 Å². The number of aromatic nitrogens is 1. The number of benzene rings is 2. The molecule has 0 atom stereocenters. The van der Waals surface area contributed by atoms with Gasteiger partial charge in [0, 0.05) is 0 Å². The number of para-hydroxylation sites is 1. The van der Waals surface area contributed by atoms with Gasteiger partial charge in [-0.2, -0.15) is 0 Å². The standard InChI is InChI=1S/C18H18N2OS/c1-18(2,13-8-4-3-5-9-13)17(21)19-12-16-20-14-10-6-7-11-15(14)22-16/h3-11H,12H2,1-2H3,(H,19,21). The molecule has 4 heteroatoms. The number of nitrogens with zero attached hydrogens (tertiary/aromatic N) is 1. The molecule has 3 nitrogen and oxygen atoms in total. The van der Waals surface area contributed by atoms with E-state index in [1.54, 1.807) is 11.3 Å². The maximum Gasteiger partial charge on any atom is 0.230 e. The van der Waals surface area contributed by atoms with Crippen molar-refractivity contribution in [2.45, 2.75) is 25.8 Å². The summed E-state index contributed by atoms with van der Waals surface area (Å²) in [6.07, 6.45) is 0. The molecule has 0 radical (unpaired) electrons. The van der Waals surface area contributed by atoms with E-state index < -0.39 is 5.41 Å². The van der Waals surface area contributed by atoms with Crippen molar-refractivity contribution in [2.75, 3.05) is 0 Å². The molecule has 0 saturated carbocycles. The molecule has 1 aromatic heterocycles. The molecule has 0 aliphatic heterocycles. The number of amides is 1. The average molecular weight is 310 g/mol. The van der Waals surface area contributed by atoms with Crippen LogP contribution in [0.5, 0.6) is 0 Å². The van der Waals surface area contributed by atoms with Gasteiger partial charge >= 0.3 is 0 Å². The molecule has 3 aromatic rings. The van der Waals surface area contributed by atoms with Crippen LogP contribution in [0.25, 0.3) is 10.2 Å². The maximum atomic E-state index is 12.5. The largest absolute Gasteiger partial charge is 0.349 e. The monoisotopic (exact) mass is 310 g/mol. The van der Waals surface area contributed by atoms with Gasteiger partial charge in [0.05, 0.1) is 22.2 Å². The molecule has 2 aromatic carbocycles. The molecule has 0 saturated heterocycles. The summed E-state index contributed by atoms with van der Waals surface area (Å²) in [6, 6.07) is 17.9. The molecule has 0 aliphatic carbocycles. The zero-order chi connectivity index (χ0) is 15.6. The van der Waals surface area contributed by atoms with E-state index in [2.05, 4.69) is 10.3 Å². The maximum absolute atomic E-state index is 12.5. The van der Waals surface area contributed by atoms with Crippen LogP contribution < -0.4 is 5.32 Å². The van der Waals surface area contributed by atoms with Crippen molar-refractivity contribution in [3.05, 3.63) is 65.2 Å². The van der Waals surface area contributed by atoms with Gasteiger partial charge in [-0.05, 0) is 31.5 Å². The first-order valence-corrected chi connectivity index (χ1v) is 8.07. The van der Waals surface area contributed by atoms with Crippen LogP contribution >= 0.6 is 11.3 Å². The Labute approximate surface area is 134 Å². The van der Waals surface area contributed by atoms with Gasteiger partial charge in [-0.25, -0.2) is 4.98 Å². The molecule has 0 fully saturated rings. The molecule has 1 N–H and O–H groups in total. The van der Waals surface area contributed by atoms with Gasteiger partial charge in [-0.15, -0.1) is 11.3 Å². The van der Waals surface area contributed by atoms with Crippen LogP contribution in [0.1, 0.15) is 24.4 Å². The first-order chi connectivity index (χ1) is 10.6. The van der Waals surface area contributed by atoms with Crippen molar-refractivity contribution in [3.63, 3.8) is 0 Å². The lowest BCUT2D eigenvalue weighted by molar-refractivity contribution is -0.125. The zero-order valence-corrected chi connectivity index (χ0v) is 13.5. The Morgan fingerprint density at radius 2 is 1.77 bits per heavy atom. The van der Waals surface area contributed by atoms with Crippen molar-refractivity contribution < 1.29 is 4.79 Å². The molecule has 0 unspecified atom stereocenters. The molecule has 22 heavy (non-hydrogen) atoms. The fourth-order valence-corrected chi connectivity index (χ4v) is 3.27. The van der Waals surface area contributed by atoms with Crippen LogP contribution in [0.15, 0.2) is 54.6 Å². The van der Waals surface area contributed by atoms with Gasteiger partial charge < -0.3 is 5.32 Å². The van der Waals surface area contributed by atoms with Crippen LogP contribution in [0, 0.1) is 0 Å². The van der Waals surface area contributed by atoms with Crippen LogP contribution in [0.4, 0.5) is 0 Å². The zero-order valence-electron chi connectivity index (χ0n) is 12.7. The highest BCUT2D eigenvalue weighted by molar-refractivity contribution is 7.18. The molecule has 112 valence electrons.